The van der Waals surface area contributed by atoms with Gasteiger partial charge in [-0.1, -0.05) is 6.07 Å². The van der Waals surface area contributed by atoms with E-state index in [1.807, 2.05) is 6.92 Å². The third-order valence-electron chi connectivity index (χ3n) is 5.09. The van der Waals surface area contributed by atoms with E-state index in [1.54, 1.807) is 17.0 Å². The van der Waals surface area contributed by atoms with Crippen molar-refractivity contribution in [1.29, 1.82) is 0 Å². The van der Waals surface area contributed by atoms with Crippen LogP contribution in [-0.2, 0) is 22.4 Å². The van der Waals surface area contributed by atoms with Crippen molar-refractivity contribution in [3.05, 3.63) is 51.6 Å². The molecule has 1 aromatic heterocycles. The lowest BCUT2D eigenvalue weighted by molar-refractivity contribution is -0.118. The van der Waals surface area contributed by atoms with Gasteiger partial charge in [0.25, 0.3) is 5.56 Å². The van der Waals surface area contributed by atoms with Crippen LogP contribution in [0.5, 0.6) is 0 Å². The fraction of sp³-hybridized carbons (Fsp3) is 0.421. The second-order valence-electron chi connectivity index (χ2n) is 6.98. The van der Waals surface area contributed by atoms with Gasteiger partial charge in [0.1, 0.15) is 11.6 Å². The van der Waals surface area contributed by atoms with Crippen LogP contribution in [0.3, 0.4) is 0 Å². The molecule has 1 N–H and O–H groups in total. The van der Waals surface area contributed by atoms with Crippen LogP contribution in [0.4, 0.5) is 20.3 Å². The van der Waals surface area contributed by atoms with Gasteiger partial charge in [-0.05, 0) is 25.5 Å². The lowest BCUT2D eigenvalue weighted by atomic mass is 10.1. The second-order valence-corrected chi connectivity index (χ2v) is 6.98. The summed E-state index contributed by atoms with van der Waals surface area (Å²) in [4.78, 5) is 34.6. The Hall–Kier alpha value is -2.81. The fourth-order valence-electron chi connectivity index (χ4n) is 3.77. The van der Waals surface area contributed by atoms with Crippen molar-refractivity contribution in [2.24, 2.45) is 0 Å². The van der Waals surface area contributed by atoms with Gasteiger partial charge in [0.2, 0.25) is 11.7 Å². The van der Waals surface area contributed by atoms with Gasteiger partial charge in [0.15, 0.2) is 5.82 Å². The molecular formula is C19H20F2N4O3. The molecule has 148 valence electrons. The van der Waals surface area contributed by atoms with E-state index in [-0.39, 0.29) is 35.8 Å². The molecule has 4 rings (SSSR count). The number of rotatable bonds is 3. The van der Waals surface area contributed by atoms with Crippen LogP contribution in [0.15, 0.2) is 23.0 Å². The van der Waals surface area contributed by atoms with E-state index in [4.69, 9.17) is 4.74 Å². The number of halogens is 2. The number of nitrogens with one attached hydrogen (secondary N) is 1. The van der Waals surface area contributed by atoms with Crippen LogP contribution >= 0.6 is 0 Å². The highest BCUT2D eigenvalue weighted by molar-refractivity contribution is 5.97. The van der Waals surface area contributed by atoms with Gasteiger partial charge in [0.05, 0.1) is 25.3 Å². The summed E-state index contributed by atoms with van der Waals surface area (Å²) in [5.41, 5.74) is 0.105. The molecule has 9 heteroatoms. The molecule has 0 bridgehead atoms. The molecule has 2 aliphatic rings. The van der Waals surface area contributed by atoms with Gasteiger partial charge in [0, 0.05) is 24.7 Å². The van der Waals surface area contributed by atoms with Crippen LogP contribution in [0.2, 0.25) is 0 Å². The van der Waals surface area contributed by atoms with E-state index >= 15 is 0 Å². The number of ether oxygens (including phenoxy) is 1. The van der Waals surface area contributed by atoms with Gasteiger partial charge in [-0.15, -0.1) is 0 Å². The van der Waals surface area contributed by atoms with Crippen LogP contribution < -0.4 is 15.4 Å². The predicted octanol–water partition coefficient (Wildman–Crippen LogP) is 1.40. The first kappa shape index (κ1) is 18.5. The Morgan fingerprint density at radius 2 is 2.07 bits per heavy atom. The Balaban J connectivity index is 1.61. The number of aromatic amines is 1. The summed E-state index contributed by atoms with van der Waals surface area (Å²) in [5.74, 6) is -1.65. The third-order valence-corrected chi connectivity index (χ3v) is 5.09. The van der Waals surface area contributed by atoms with Gasteiger partial charge < -0.3 is 19.5 Å². The predicted molar refractivity (Wildman–Crippen MR) is 98.6 cm³/mol. The number of benzene rings is 1. The zero-order valence-electron chi connectivity index (χ0n) is 15.4. The molecule has 3 heterocycles. The minimum absolute atomic E-state index is 0.0734. The van der Waals surface area contributed by atoms with E-state index in [2.05, 4.69) is 9.97 Å². The molecule has 0 saturated carbocycles. The van der Waals surface area contributed by atoms with Crippen molar-refractivity contribution >= 4 is 17.4 Å². The molecule has 1 fully saturated rings. The Morgan fingerprint density at radius 1 is 1.32 bits per heavy atom. The largest absolute Gasteiger partial charge is 0.378 e. The summed E-state index contributed by atoms with van der Waals surface area (Å²) in [6.07, 6.45) is 0.202. The maximum atomic E-state index is 14.3. The standard InChI is InChI=1S/C19H20F2N4O3/c1-11-9-12-13(20)3-2-4-14(12)25(11)16(26)10-15-22-18(17(21)19(27)23-15)24-5-7-28-8-6-24/h2-4,11H,5-10H2,1H3,(H,22,23,27). The summed E-state index contributed by atoms with van der Waals surface area (Å²) in [5, 5.41) is 0. The first-order chi connectivity index (χ1) is 13.5. The smallest absolute Gasteiger partial charge is 0.289 e. The quantitative estimate of drug-likeness (QED) is 0.857. The zero-order valence-corrected chi connectivity index (χ0v) is 15.4. The highest BCUT2D eigenvalue weighted by Gasteiger charge is 2.33. The van der Waals surface area contributed by atoms with Gasteiger partial charge in [-0.3, -0.25) is 9.59 Å². The normalized spacial score (nSPS) is 19.0. The van der Waals surface area contributed by atoms with E-state index in [1.165, 1.54) is 11.0 Å². The average molecular weight is 390 g/mol. The number of fused-ring (bicyclic) bond motifs is 1. The number of morpholine rings is 1. The van der Waals surface area contributed by atoms with E-state index in [9.17, 15) is 18.4 Å². The number of nitrogens with zero attached hydrogens (tertiary/aromatic N) is 3. The van der Waals surface area contributed by atoms with Crippen molar-refractivity contribution in [2.45, 2.75) is 25.8 Å². The van der Waals surface area contributed by atoms with E-state index in [0.29, 0.717) is 44.0 Å². The van der Waals surface area contributed by atoms with Gasteiger partial charge in [-0.2, -0.15) is 4.39 Å². The van der Waals surface area contributed by atoms with Crippen molar-refractivity contribution in [3.63, 3.8) is 0 Å². The summed E-state index contributed by atoms with van der Waals surface area (Å²) in [6, 6.07) is 4.40. The van der Waals surface area contributed by atoms with Crippen LogP contribution in [0.25, 0.3) is 0 Å². The maximum Gasteiger partial charge on any atom is 0.289 e. The fourth-order valence-corrected chi connectivity index (χ4v) is 3.77. The minimum Gasteiger partial charge on any atom is -0.378 e. The van der Waals surface area contributed by atoms with Crippen molar-refractivity contribution in [2.75, 3.05) is 36.1 Å². The Bertz CT molecular complexity index is 972. The highest BCUT2D eigenvalue weighted by Crippen LogP contribution is 2.34. The lowest BCUT2D eigenvalue weighted by Gasteiger charge is -2.28. The third kappa shape index (κ3) is 3.26. The highest BCUT2D eigenvalue weighted by atomic mass is 19.1. The number of hydrogen-bond donors (Lipinski definition) is 1. The number of amides is 1. The van der Waals surface area contributed by atoms with Crippen LogP contribution in [0.1, 0.15) is 18.3 Å². The number of carbonyl (C=O) groups is 1. The summed E-state index contributed by atoms with van der Waals surface area (Å²) >= 11 is 0. The number of carbonyl (C=O) groups excluding carboxylic acids is 1. The molecule has 0 aliphatic carbocycles. The second kappa shape index (κ2) is 7.31. The maximum absolute atomic E-state index is 14.3. The van der Waals surface area contributed by atoms with Crippen LogP contribution in [-0.4, -0.2) is 48.2 Å². The Kier molecular flexibility index (Phi) is 4.84. The summed E-state index contributed by atoms with van der Waals surface area (Å²) < 4.78 is 33.6. The van der Waals surface area contributed by atoms with Crippen molar-refractivity contribution < 1.29 is 18.3 Å². The molecule has 1 aromatic carbocycles. The molecule has 1 atom stereocenters. The summed E-state index contributed by atoms with van der Waals surface area (Å²) in [6.45, 7) is 3.48. The average Bonchev–Trinajstić information content (AvgIpc) is 3.02. The molecular weight excluding hydrogens is 370 g/mol. The number of hydrogen-bond acceptors (Lipinski definition) is 5. The molecule has 2 aliphatic heterocycles. The van der Waals surface area contributed by atoms with E-state index < -0.39 is 11.4 Å². The van der Waals surface area contributed by atoms with Gasteiger partial charge >= 0.3 is 0 Å². The number of aromatic nitrogens is 2. The van der Waals surface area contributed by atoms with Crippen molar-refractivity contribution in [3.8, 4) is 0 Å². The minimum atomic E-state index is -0.972. The Morgan fingerprint density at radius 3 is 2.82 bits per heavy atom. The number of anilines is 2. The lowest BCUT2D eigenvalue weighted by Crippen LogP contribution is -2.40. The Labute approximate surface area is 159 Å². The van der Waals surface area contributed by atoms with E-state index in [0.717, 1.165) is 0 Å². The molecule has 1 unspecified atom stereocenters. The topological polar surface area (TPSA) is 78.5 Å². The molecule has 0 radical (unpaired) electrons. The van der Waals surface area contributed by atoms with Crippen molar-refractivity contribution in [1.82, 2.24) is 9.97 Å². The molecule has 28 heavy (non-hydrogen) atoms. The van der Waals surface area contributed by atoms with Crippen LogP contribution in [0, 0.1) is 11.6 Å². The molecule has 0 spiro atoms. The van der Waals surface area contributed by atoms with Gasteiger partial charge in [-0.25, -0.2) is 9.37 Å². The SMILES string of the molecule is CC1Cc2c(F)cccc2N1C(=O)Cc1nc(N2CCOCC2)c(F)c(=O)[nH]1. The number of H-pyrrole nitrogens is 1. The molecule has 2 aromatic rings. The molecule has 1 saturated heterocycles. The molecule has 1 amide bonds. The summed E-state index contributed by atoms with van der Waals surface area (Å²) in [7, 11) is 0. The zero-order chi connectivity index (χ0) is 19.8. The first-order valence-corrected chi connectivity index (χ1v) is 9.16. The monoisotopic (exact) mass is 390 g/mol. The molecule has 7 nitrogen and oxygen atoms in total. The first-order valence-electron chi connectivity index (χ1n) is 9.16.